The summed E-state index contributed by atoms with van der Waals surface area (Å²) in [7, 11) is 0. The molecule has 0 saturated carbocycles. The lowest BCUT2D eigenvalue weighted by Crippen LogP contribution is -2.46. The largest absolute Gasteiger partial charge is 0.494 e. The molecule has 2 aromatic rings. The van der Waals surface area contributed by atoms with Gasteiger partial charge in [0.2, 0.25) is 5.90 Å². The molecule has 0 atom stereocenters. The minimum absolute atomic E-state index is 0.433. The van der Waals surface area contributed by atoms with Crippen molar-refractivity contribution in [2.24, 2.45) is 4.99 Å². The molecule has 1 saturated heterocycles. The van der Waals surface area contributed by atoms with Crippen LogP contribution in [-0.2, 0) is 11.2 Å². The van der Waals surface area contributed by atoms with Crippen LogP contribution in [-0.4, -0.2) is 62.8 Å². The topological polar surface area (TPSA) is 66.4 Å². The van der Waals surface area contributed by atoms with E-state index in [1.165, 1.54) is 0 Å². The monoisotopic (exact) mass is 546 g/mol. The number of rotatable bonds is 10. The van der Waals surface area contributed by atoms with E-state index < -0.39 is 6.09 Å². The number of piperazine rings is 1. The molecule has 2 aromatic carbocycles. The lowest BCUT2D eigenvalue weighted by Gasteiger charge is -2.36. The van der Waals surface area contributed by atoms with E-state index in [1.807, 2.05) is 30.3 Å². The number of hydrogen-bond donors (Lipinski definition) is 1. The van der Waals surface area contributed by atoms with Crippen molar-refractivity contribution in [1.82, 2.24) is 10.2 Å². The van der Waals surface area contributed by atoms with Crippen molar-refractivity contribution in [2.45, 2.75) is 45.4 Å². The zero-order valence-electron chi connectivity index (χ0n) is 21.5. The Morgan fingerprint density at radius 3 is 2.70 bits per heavy atom. The number of nitrogens with zero attached hydrogens (tertiary/aromatic N) is 3. The molecule has 7 nitrogen and oxygen atoms in total. The average molecular weight is 548 g/mol. The molecule has 0 unspecified atom stereocenters. The summed E-state index contributed by atoms with van der Waals surface area (Å²) < 4.78 is 11.4. The number of unbranched alkanes of at least 4 members (excludes halogenated alkanes) is 2. The van der Waals surface area contributed by atoms with Crippen LogP contribution in [0.2, 0.25) is 10.0 Å². The van der Waals surface area contributed by atoms with E-state index in [1.54, 1.807) is 0 Å². The minimum atomic E-state index is -0.433. The molecular weight excluding hydrogens is 511 g/mol. The standard InChI is InChI=1S/C28H36Cl2N4O3/c1-2-3-13-31-28(35)37-26-12-10-21-9-11-22(20-24(21)32-26)36-19-5-4-14-33-15-17-34(18-16-33)25-8-6-7-23(29)27(25)30/h6-9,11,20H,2-5,10,12-19H2,1H3,(H,31,35). The summed E-state index contributed by atoms with van der Waals surface area (Å²) >= 11 is 12.6. The van der Waals surface area contributed by atoms with Crippen molar-refractivity contribution in [3.05, 3.63) is 52.0 Å². The van der Waals surface area contributed by atoms with Gasteiger partial charge in [0.15, 0.2) is 0 Å². The van der Waals surface area contributed by atoms with Gasteiger partial charge in [-0.05, 0) is 56.0 Å². The van der Waals surface area contributed by atoms with E-state index in [0.29, 0.717) is 35.5 Å². The van der Waals surface area contributed by atoms with Gasteiger partial charge in [-0.15, -0.1) is 0 Å². The number of amides is 1. The number of fused-ring (bicyclic) bond motifs is 1. The normalized spacial score (nSPS) is 15.6. The molecule has 200 valence electrons. The number of alkyl carbamates (subject to hydrolysis) is 1. The Balaban J connectivity index is 1.16. The van der Waals surface area contributed by atoms with Crippen LogP contribution in [0.5, 0.6) is 5.75 Å². The molecule has 1 N–H and O–H groups in total. The molecule has 4 rings (SSSR count). The summed E-state index contributed by atoms with van der Waals surface area (Å²) in [6.07, 6.45) is 5.00. The molecule has 2 heterocycles. The average Bonchev–Trinajstić information content (AvgIpc) is 2.90. The number of carbonyl (C=O) groups excluding carboxylic acids is 1. The van der Waals surface area contributed by atoms with Crippen molar-refractivity contribution in [1.29, 1.82) is 0 Å². The molecule has 0 spiro atoms. The molecule has 2 aliphatic rings. The molecule has 1 fully saturated rings. The van der Waals surface area contributed by atoms with Crippen LogP contribution in [0, 0.1) is 0 Å². The van der Waals surface area contributed by atoms with Crippen LogP contribution in [0.25, 0.3) is 0 Å². The second-order valence-electron chi connectivity index (χ2n) is 9.42. The number of benzene rings is 2. The fourth-order valence-electron chi connectivity index (χ4n) is 4.54. The van der Waals surface area contributed by atoms with Crippen LogP contribution in [0.15, 0.2) is 41.4 Å². The van der Waals surface area contributed by atoms with Crippen molar-refractivity contribution in [3.63, 3.8) is 0 Å². The minimum Gasteiger partial charge on any atom is -0.494 e. The first-order valence-electron chi connectivity index (χ1n) is 13.2. The first kappa shape index (κ1) is 27.6. The number of anilines is 1. The van der Waals surface area contributed by atoms with E-state index in [2.05, 4.69) is 33.1 Å². The third kappa shape index (κ3) is 8.00. The molecular formula is C28H36Cl2N4O3. The Bertz CT molecular complexity index is 1090. The quantitative estimate of drug-likeness (QED) is 0.345. The van der Waals surface area contributed by atoms with Crippen LogP contribution in [0.4, 0.5) is 16.2 Å². The molecule has 1 amide bonds. The summed E-state index contributed by atoms with van der Waals surface area (Å²) in [5.74, 6) is 1.25. The summed E-state index contributed by atoms with van der Waals surface area (Å²) in [6.45, 7) is 8.31. The van der Waals surface area contributed by atoms with Gasteiger partial charge in [-0.3, -0.25) is 4.90 Å². The van der Waals surface area contributed by atoms with E-state index in [4.69, 9.17) is 32.7 Å². The number of carbonyl (C=O) groups is 1. The van der Waals surface area contributed by atoms with Gasteiger partial charge >= 0.3 is 6.09 Å². The molecule has 0 aromatic heterocycles. The van der Waals surface area contributed by atoms with Crippen LogP contribution < -0.4 is 15.0 Å². The van der Waals surface area contributed by atoms with Crippen molar-refractivity contribution in [2.75, 3.05) is 50.8 Å². The second kappa shape index (κ2) is 13.9. The highest BCUT2D eigenvalue weighted by atomic mass is 35.5. The van der Waals surface area contributed by atoms with E-state index in [-0.39, 0.29) is 0 Å². The van der Waals surface area contributed by atoms with Crippen molar-refractivity contribution >= 4 is 46.6 Å². The lowest BCUT2D eigenvalue weighted by atomic mass is 10.0. The van der Waals surface area contributed by atoms with E-state index >= 15 is 0 Å². The van der Waals surface area contributed by atoms with Gasteiger partial charge in [0, 0.05) is 45.2 Å². The Morgan fingerprint density at radius 2 is 1.89 bits per heavy atom. The predicted molar refractivity (Wildman–Crippen MR) is 151 cm³/mol. The SMILES string of the molecule is CCCCNC(=O)OC1=Nc2cc(OCCCCN3CCN(c4cccc(Cl)c4Cl)CC3)ccc2CC1. The highest BCUT2D eigenvalue weighted by Crippen LogP contribution is 2.33. The highest BCUT2D eigenvalue weighted by molar-refractivity contribution is 6.43. The maximum atomic E-state index is 11.9. The van der Waals surface area contributed by atoms with Crippen LogP contribution >= 0.6 is 23.2 Å². The van der Waals surface area contributed by atoms with E-state index in [9.17, 15) is 4.79 Å². The summed E-state index contributed by atoms with van der Waals surface area (Å²) in [5.41, 5.74) is 2.98. The number of nitrogens with one attached hydrogen (secondary N) is 1. The number of aliphatic imine (C=N–C) groups is 1. The fourth-order valence-corrected chi connectivity index (χ4v) is 4.96. The van der Waals surface area contributed by atoms with Crippen LogP contribution in [0.1, 0.15) is 44.6 Å². The fraction of sp³-hybridized carbons (Fsp3) is 0.500. The summed E-state index contributed by atoms with van der Waals surface area (Å²) in [5, 5.41) is 4.00. The highest BCUT2D eigenvalue weighted by Gasteiger charge is 2.20. The maximum absolute atomic E-state index is 11.9. The number of hydrogen-bond acceptors (Lipinski definition) is 6. The summed E-state index contributed by atoms with van der Waals surface area (Å²) in [4.78, 5) is 21.3. The zero-order chi connectivity index (χ0) is 26.0. The summed E-state index contributed by atoms with van der Waals surface area (Å²) in [6, 6.07) is 11.8. The Morgan fingerprint density at radius 1 is 1.05 bits per heavy atom. The van der Waals surface area contributed by atoms with Crippen LogP contribution in [0.3, 0.4) is 0 Å². The molecule has 37 heavy (non-hydrogen) atoms. The van der Waals surface area contributed by atoms with Gasteiger partial charge in [0.1, 0.15) is 5.75 Å². The molecule has 9 heteroatoms. The first-order valence-corrected chi connectivity index (χ1v) is 14.0. The van der Waals surface area contributed by atoms with Gasteiger partial charge in [0.05, 0.1) is 28.0 Å². The molecule has 0 aliphatic carbocycles. The number of halogens is 2. The smallest absolute Gasteiger partial charge is 0.413 e. The third-order valence-electron chi connectivity index (χ3n) is 6.70. The van der Waals surface area contributed by atoms with E-state index in [0.717, 1.165) is 87.5 Å². The third-order valence-corrected chi connectivity index (χ3v) is 7.51. The Labute approximate surface area is 229 Å². The lowest BCUT2D eigenvalue weighted by molar-refractivity contribution is 0.195. The van der Waals surface area contributed by atoms with Gasteiger partial charge in [-0.2, -0.15) is 0 Å². The maximum Gasteiger partial charge on any atom is 0.413 e. The van der Waals surface area contributed by atoms with Gasteiger partial charge in [-0.25, -0.2) is 9.79 Å². The number of ether oxygens (including phenoxy) is 2. The van der Waals surface area contributed by atoms with Gasteiger partial charge in [0.25, 0.3) is 0 Å². The first-order chi connectivity index (χ1) is 18.0. The molecule has 0 bridgehead atoms. The Hall–Kier alpha value is -2.48. The molecule has 2 aliphatic heterocycles. The van der Waals surface area contributed by atoms with Crippen molar-refractivity contribution in [3.8, 4) is 5.75 Å². The van der Waals surface area contributed by atoms with Crippen molar-refractivity contribution < 1.29 is 14.3 Å². The second-order valence-corrected chi connectivity index (χ2v) is 10.2. The number of aryl methyl sites for hydroxylation is 1. The van der Waals surface area contributed by atoms with Gasteiger partial charge < -0.3 is 19.7 Å². The Kier molecular flexibility index (Phi) is 10.3. The van der Waals surface area contributed by atoms with Gasteiger partial charge in [-0.1, -0.05) is 48.7 Å². The molecule has 0 radical (unpaired) electrons. The zero-order valence-corrected chi connectivity index (χ0v) is 23.0. The predicted octanol–water partition coefficient (Wildman–Crippen LogP) is 6.48.